The largest absolute Gasteiger partial charge is 0.493 e. The Kier molecular flexibility index (Phi) is 6.87. The van der Waals surface area contributed by atoms with Crippen LogP contribution in [0.1, 0.15) is 23.7 Å². The molecule has 0 aliphatic carbocycles. The average Bonchev–Trinajstić information content (AvgIpc) is 3.53. The number of methoxy groups -OCH3 is 3. The molecule has 1 N–H and O–H groups in total. The van der Waals surface area contributed by atoms with Crippen LogP contribution in [-0.4, -0.2) is 57.3 Å². The molecular weight excluding hydrogens is 492 g/mol. The number of fused-ring (bicyclic) bond motifs is 1. The quantitative estimate of drug-likeness (QED) is 0.540. The Hall–Kier alpha value is -2.43. The predicted octanol–water partition coefficient (Wildman–Crippen LogP) is 3.99. The van der Waals surface area contributed by atoms with E-state index in [2.05, 4.69) is 0 Å². The Morgan fingerprint density at radius 3 is 2.31 bits per heavy atom. The fourth-order valence-electron chi connectivity index (χ4n) is 4.97. The molecule has 10 heteroatoms. The summed E-state index contributed by atoms with van der Waals surface area (Å²) < 4.78 is 32.6. The van der Waals surface area contributed by atoms with Crippen LogP contribution in [0.2, 0.25) is 0 Å². The molecule has 2 aromatic carbocycles. The van der Waals surface area contributed by atoms with Crippen LogP contribution in [0.25, 0.3) is 0 Å². The number of aliphatic hydroxyl groups is 1. The lowest BCUT2D eigenvalue weighted by Crippen LogP contribution is -2.39. The van der Waals surface area contributed by atoms with Gasteiger partial charge in [-0.2, -0.15) is 0 Å². The molecule has 0 aromatic heterocycles. The smallest absolute Gasteiger partial charge is 0.312 e. The van der Waals surface area contributed by atoms with Crippen LogP contribution in [-0.2, 0) is 13.6 Å². The molecular formula is C25H28O8S2. The maximum Gasteiger partial charge on any atom is 0.312 e. The number of benzene rings is 2. The molecule has 0 spiro atoms. The molecule has 2 aromatic rings. The molecule has 3 atom stereocenters. The maximum absolute atomic E-state index is 13.1. The van der Waals surface area contributed by atoms with E-state index in [1.807, 2.05) is 18.2 Å². The zero-order valence-corrected chi connectivity index (χ0v) is 21.4. The Balaban J connectivity index is 1.56. The highest BCUT2D eigenvalue weighted by molar-refractivity contribution is 8.18. The van der Waals surface area contributed by atoms with Gasteiger partial charge < -0.3 is 33.5 Å². The van der Waals surface area contributed by atoms with Crippen molar-refractivity contribution in [1.29, 1.82) is 0 Å². The Morgan fingerprint density at radius 2 is 1.66 bits per heavy atom. The van der Waals surface area contributed by atoms with Gasteiger partial charge in [0.05, 0.1) is 44.0 Å². The van der Waals surface area contributed by atoms with Crippen molar-refractivity contribution in [2.24, 2.45) is 11.8 Å². The summed E-state index contributed by atoms with van der Waals surface area (Å²) >= 11 is 3.60. The van der Waals surface area contributed by atoms with Gasteiger partial charge in [-0.05, 0) is 53.3 Å². The number of hydrogen-bond acceptors (Lipinski definition) is 10. The molecule has 3 heterocycles. The Labute approximate surface area is 212 Å². The Morgan fingerprint density at radius 1 is 0.971 bits per heavy atom. The van der Waals surface area contributed by atoms with Gasteiger partial charge in [-0.25, -0.2) is 0 Å². The van der Waals surface area contributed by atoms with Crippen LogP contribution in [0.5, 0.6) is 28.7 Å². The normalized spacial score (nSPS) is 23.5. The van der Waals surface area contributed by atoms with E-state index in [9.17, 15) is 9.90 Å². The zero-order valence-electron chi connectivity index (χ0n) is 19.8. The van der Waals surface area contributed by atoms with Crippen molar-refractivity contribution in [2.75, 3.05) is 46.2 Å². The fraction of sp³-hybridized carbons (Fsp3) is 0.480. The van der Waals surface area contributed by atoms with Crippen molar-refractivity contribution in [3.05, 3.63) is 41.5 Å². The maximum atomic E-state index is 13.1. The monoisotopic (exact) mass is 520 g/mol. The van der Waals surface area contributed by atoms with Gasteiger partial charge in [-0.1, -0.05) is 6.07 Å². The zero-order chi connectivity index (χ0) is 24.6. The number of hydrogen-bond donors (Lipinski definition) is 1. The van der Waals surface area contributed by atoms with E-state index in [1.165, 1.54) is 21.3 Å². The second-order valence-corrected chi connectivity index (χ2v) is 11.4. The number of carbonyl (C=O) groups is 1. The van der Waals surface area contributed by atoms with Gasteiger partial charge in [-0.3, -0.25) is 4.79 Å². The number of carbonyl (C=O) groups excluding carboxylic acids is 1. The minimum absolute atomic E-state index is 0.194. The fourth-order valence-corrected chi connectivity index (χ4v) is 8.61. The number of rotatable bonds is 7. The number of ether oxygens (including phenoxy) is 6. The number of aliphatic hydroxyl groups excluding tert-OH is 1. The van der Waals surface area contributed by atoms with Gasteiger partial charge in [-0.15, -0.1) is 23.5 Å². The first kappa shape index (κ1) is 24.3. The van der Waals surface area contributed by atoms with Crippen LogP contribution in [0.4, 0.5) is 0 Å². The van der Waals surface area contributed by atoms with Gasteiger partial charge in [0.2, 0.25) is 12.5 Å². The standard InChI is InChI=1S/C25H28O8S2/c1-28-19-9-14(10-20(29-2)23(19)30-3)22(26)21-16(12-31-24(21)27)25(34-7-4-8-35-25)15-5-6-17-18(11-15)33-13-32-17/h5-6,9-11,16,21-22,26H,4,7-8,12-13H2,1-3H3/t16-,21-,22-/m1/s1. The summed E-state index contributed by atoms with van der Waals surface area (Å²) in [5.41, 5.74) is 1.53. The van der Waals surface area contributed by atoms with Crippen LogP contribution in [0.15, 0.2) is 30.3 Å². The van der Waals surface area contributed by atoms with Crippen molar-refractivity contribution >= 4 is 29.5 Å². The van der Waals surface area contributed by atoms with Crippen molar-refractivity contribution in [1.82, 2.24) is 0 Å². The summed E-state index contributed by atoms with van der Waals surface area (Å²) in [6, 6.07) is 9.31. The Bertz CT molecular complexity index is 1080. The topological polar surface area (TPSA) is 92.7 Å². The number of thioether (sulfide) groups is 2. The van der Waals surface area contributed by atoms with Gasteiger partial charge in [0, 0.05) is 5.92 Å². The third kappa shape index (κ3) is 4.15. The molecule has 3 aliphatic rings. The van der Waals surface area contributed by atoms with Crippen LogP contribution < -0.4 is 23.7 Å². The molecule has 35 heavy (non-hydrogen) atoms. The van der Waals surface area contributed by atoms with Gasteiger partial charge in [0.1, 0.15) is 0 Å². The van der Waals surface area contributed by atoms with Crippen molar-refractivity contribution in [3.8, 4) is 28.7 Å². The molecule has 2 saturated heterocycles. The minimum Gasteiger partial charge on any atom is -0.493 e. The minimum atomic E-state index is -1.13. The van der Waals surface area contributed by atoms with Gasteiger partial charge >= 0.3 is 5.97 Å². The highest BCUT2D eigenvalue weighted by Gasteiger charge is 2.55. The molecule has 0 amide bonds. The van der Waals surface area contributed by atoms with Crippen molar-refractivity contribution < 1.29 is 38.3 Å². The number of cyclic esters (lactones) is 1. The molecule has 3 aliphatic heterocycles. The summed E-state index contributed by atoms with van der Waals surface area (Å²) in [6.45, 7) is 0.416. The van der Waals surface area contributed by atoms with E-state index in [1.54, 1.807) is 35.7 Å². The summed E-state index contributed by atoms with van der Waals surface area (Å²) in [6.07, 6.45) is -0.0544. The molecule has 5 rings (SSSR count). The predicted molar refractivity (Wildman–Crippen MR) is 133 cm³/mol. The highest BCUT2D eigenvalue weighted by atomic mass is 32.2. The van der Waals surface area contributed by atoms with E-state index < -0.39 is 22.1 Å². The van der Waals surface area contributed by atoms with E-state index in [0.29, 0.717) is 34.3 Å². The summed E-state index contributed by atoms with van der Waals surface area (Å²) in [4.78, 5) is 13.1. The summed E-state index contributed by atoms with van der Waals surface area (Å²) in [5, 5.41) is 11.6. The van der Waals surface area contributed by atoms with Gasteiger partial charge in [0.25, 0.3) is 0 Å². The van der Waals surface area contributed by atoms with E-state index in [0.717, 1.165) is 23.5 Å². The number of esters is 1. The molecule has 0 bridgehead atoms. The molecule has 8 nitrogen and oxygen atoms in total. The first-order valence-electron chi connectivity index (χ1n) is 11.3. The SMILES string of the molecule is COc1cc([C@@H](O)[C@@H]2C(=O)OC[C@H]2C2(c3ccc4c(c3)OCO4)SCCCS2)cc(OC)c1OC. The summed E-state index contributed by atoms with van der Waals surface area (Å²) in [7, 11) is 4.56. The molecule has 188 valence electrons. The second-order valence-electron chi connectivity index (χ2n) is 8.45. The van der Waals surface area contributed by atoms with E-state index in [4.69, 9.17) is 28.4 Å². The third-order valence-corrected chi connectivity index (χ3v) is 10.3. The van der Waals surface area contributed by atoms with E-state index in [-0.39, 0.29) is 19.3 Å². The third-order valence-electron chi connectivity index (χ3n) is 6.66. The van der Waals surface area contributed by atoms with E-state index >= 15 is 0 Å². The van der Waals surface area contributed by atoms with Crippen LogP contribution in [0, 0.1) is 11.8 Å². The molecule has 0 radical (unpaired) electrons. The second kappa shape index (κ2) is 9.91. The first-order valence-corrected chi connectivity index (χ1v) is 13.3. The van der Waals surface area contributed by atoms with Gasteiger partial charge in [0.15, 0.2) is 23.0 Å². The lowest BCUT2D eigenvalue weighted by atomic mass is 9.82. The average molecular weight is 521 g/mol. The lowest BCUT2D eigenvalue weighted by molar-refractivity contribution is -0.144. The van der Waals surface area contributed by atoms with Crippen molar-refractivity contribution in [2.45, 2.75) is 16.6 Å². The first-order chi connectivity index (χ1) is 17.0. The van der Waals surface area contributed by atoms with Crippen molar-refractivity contribution in [3.63, 3.8) is 0 Å². The molecule has 0 saturated carbocycles. The van der Waals surface area contributed by atoms with Crippen LogP contribution in [0.3, 0.4) is 0 Å². The highest BCUT2D eigenvalue weighted by Crippen LogP contribution is 2.61. The molecule has 0 unspecified atom stereocenters. The summed E-state index contributed by atoms with van der Waals surface area (Å²) in [5.74, 6) is 3.07. The van der Waals surface area contributed by atoms with Crippen LogP contribution >= 0.6 is 23.5 Å². The molecule has 2 fully saturated rings. The lowest BCUT2D eigenvalue weighted by Gasteiger charge is -2.43.